The Bertz CT molecular complexity index is 590. The van der Waals surface area contributed by atoms with Crippen LogP contribution < -0.4 is 10.1 Å². The van der Waals surface area contributed by atoms with Crippen molar-refractivity contribution >= 4 is 17.3 Å². The number of halogens is 2. The lowest BCUT2D eigenvalue weighted by atomic mass is 10.2. The first-order chi connectivity index (χ1) is 9.10. The Balaban J connectivity index is 2.08. The Kier molecular flexibility index (Phi) is 4.12. The number of methoxy groups -OCH3 is 1. The van der Waals surface area contributed by atoms with Gasteiger partial charge in [0, 0.05) is 28.9 Å². The highest BCUT2D eigenvalue weighted by Gasteiger charge is 2.05. The number of anilines is 1. The van der Waals surface area contributed by atoms with Crippen LogP contribution in [-0.2, 0) is 6.54 Å². The molecule has 0 saturated carbocycles. The van der Waals surface area contributed by atoms with E-state index in [1.807, 2.05) is 0 Å². The molecule has 2 aromatic carbocycles. The Morgan fingerprint density at radius 1 is 1.26 bits per heavy atom. The molecule has 3 nitrogen and oxygen atoms in total. The molecular weight excluding hydrogens is 269 g/mol. The number of phenols is 1. The summed E-state index contributed by atoms with van der Waals surface area (Å²) in [7, 11) is 1.48. The van der Waals surface area contributed by atoms with E-state index < -0.39 is 0 Å². The minimum absolute atomic E-state index is 0.0316. The summed E-state index contributed by atoms with van der Waals surface area (Å²) in [6.45, 7) is 0.300. The molecule has 0 aliphatic rings. The van der Waals surface area contributed by atoms with Crippen LogP contribution in [0.4, 0.5) is 10.1 Å². The van der Waals surface area contributed by atoms with Crippen molar-refractivity contribution in [2.45, 2.75) is 6.54 Å². The van der Waals surface area contributed by atoms with Crippen molar-refractivity contribution in [2.24, 2.45) is 0 Å². The number of aromatic hydroxyl groups is 1. The summed E-state index contributed by atoms with van der Waals surface area (Å²) in [4.78, 5) is 0. The quantitative estimate of drug-likeness (QED) is 0.895. The van der Waals surface area contributed by atoms with Crippen molar-refractivity contribution in [3.63, 3.8) is 0 Å². The van der Waals surface area contributed by atoms with E-state index in [0.717, 1.165) is 0 Å². The van der Waals surface area contributed by atoms with E-state index in [1.54, 1.807) is 24.3 Å². The highest BCUT2D eigenvalue weighted by molar-refractivity contribution is 6.30. The smallest absolute Gasteiger partial charge is 0.160 e. The van der Waals surface area contributed by atoms with Crippen LogP contribution in [-0.4, -0.2) is 12.2 Å². The van der Waals surface area contributed by atoms with Gasteiger partial charge in [0.25, 0.3) is 0 Å². The third-order valence-corrected chi connectivity index (χ3v) is 2.91. The van der Waals surface area contributed by atoms with Crippen molar-refractivity contribution in [3.05, 3.63) is 52.8 Å². The zero-order chi connectivity index (χ0) is 13.8. The molecule has 0 aromatic heterocycles. The summed E-state index contributed by atoms with van der Waals surface area (Å²) in [5.74, 6) is 0.0602. The number of phenolic OH excluding ortho intramolecular Hbond substituents is 1. The SMILES string of the molecule is COc1ccc(NCc2ccc(Cl)cc2F)cc1O. The molecule has 19 heavy (non-hydrogen) atoms. The zero-order valence-corrected chi connectivity index (χ0v) is 11.0. The summed E-state index contributed by atoms with van der Waals surface area (Å²) < 4.78 is 18.5. The summed E-state index contributed by atoms with van der Waals surface area (Å²) in [6.07, 6.45) is 0. The van der Waals surface area contributed by atoms with Crippen LogP contribution in [0.1, 0.15) is 5.56 Å². The van der Waals surface area contributed by atoms with Gasteiger partial charge in [0.2, 0.25) is 0 Å². The van der Waals surface area contributed by atoms with E-state index in [1.165, 1.54) is 19.2 Å². The lowest BCUT2D eigenvalue weighted by molar-refractivity contribution is 0.373. The van der Waals surface area contributed by atoms with Crippen molar-refractivity contribution in [1.29, 1.82) is 0 Å². The maximum absolute atomic E-state index is 13.6. The molecule has 100 valence electrons. The maximum Gasteiger partial charge on any atom is 0.160 e. The molecule has 0 amide bonds. The first-order valence-electron chi connectivity index (χ1n) is 5.65. The van der Waals surface area contributed by atoms with Gasteiger partial charge < -0.3 is 15.2 Å². The molecule has 0 unspecified atom stereocenters. The fourth-order valence-corrected chi connectivity index (χ4v) is 1.82. The fourth-order valence-electron chi connectivity index (χ4n) is 1.66. The number of hydrogen-bond donors (Lipinski definition) is 2. The Morgan fingerprint density at radius 3 is 2.68 bits per heavy atom. The highest BCUT2D eigenvalue weighted by atomic mass is 35.5. The van der Waals surface area contributed by atoms with Gasteiger partial charge in [-0.15, -0.1) is 0 Å². The predicted molar refractivity (Wildman–Crippen MR) is 73.4 cm³/mol. The summed E-state index contributed by atoms with van der Waals surface area (Å²) in [5.41, 5.74) is 1.17. The topological polar surface area (TPSA) is 41.5 Å². The van der Waals surface area contributed by atoms with E-state index in [4.69, 9.17) is 16.3 Å². The number of hydrogen-bond acceptors (Lipinski definition) is 3. The predicted octanol–water partition coefficient (Wildman–Crippen LogP) is 3.81. The van der Waals surface area contributed by atoms with Gasteiger partial charge in [0.1, 0.15) is 5.82 Å². The molecule has 0 bridgehead atoms. The summed E-state index contributed by atoms with van der Waals surface area (Å²) in [5, 5.41) is 13.0. The van der Waals surface area contributed by atoms with Crippen molar-refractivity contribution in [3.8, 4) is 11.5 Å². The normalized spacial score (nSPS) is 10.3. The Hall–Kier alpha value is -1.94. The lowest BCUT2D eigenvalue weighted by Gasteiger charge is -2.09. The maximum atomic E-state index is 13.6. The van der Waals surface area contributed by atoms with E-state index in [0.29, 0.717) is 28.6 Å². The lowest BCUT2D eigenvalue weighted by Crippen LogP contribution is -2.01. The molecule has 0 fully saturated rings. The van der Waals surface area contributed by atoms with Crippen molar-refractivity contribution in [1.82, 2.24) is 0 Å². The van der Waals surface area contributed by atoms with Gasteiger partial charge in [0.15, 0.2) is 11.5 Å². The van der Waals surface area contributed by atoms with Crippen LogP contribution in [0.2, 0.25) is 5.02 Å². The zero-order valence-electron chi connectivity index (χ0n) is 10.3. The third-order valence-electron chi connectivity index (χ3n) is 2.68. The molecule has 5 heteroatoms. The largest absolute Gasteiger partial charge is 0.504 e. The van der Waals surface area contributed by atoms with Crippen LogP contribution in [0.3, 0.4) is 0 Å². The molecule has 0 aliphatic carbocycles. The van der Waals surface area contributed by atoms with Gasteiger partial charge in [-0.25, -0.2) is 4.39 Å². The molecular formula is C14H13ClFNO2. The fraction of sp³-hybridized carbons (Fsp3) is 0.143. The molecule has 2 aromatic rings. The number of rotatable bonds is 4. The van der Waals surface area contributed by atoms with E-state index in [2.05, 4.69) is 5.32 Å². The molecule has 0 saturated heterocycles. The number of nitrogens with one attached hydrogen (secondary N) is 1. The summed E-state index contributed by atoms with van der Waals surface area (Å²) >= 11 is 5.68. The highest BCUT2D eigenvalue weighted by Crippen LogP contribution is 2.28. The minimum atomic E-state index is -0.363. The molecule has 0 radical (unpaired) electrons. The molecule has 0 aliphatic heterocycles. The molecule has 0 heterocycles. The first kappa shape index (κ1) is 13.5. The molecule has 0 atom stereocenters. The van der Waals surface area contributed by atoms with Gasteiger partial charge in [-0.05, 0) is 24.3 Å². The Labute approximate surface area is 115 Å². The second kappa shape index (κ2) is 5.80. The second-order valence-corrected chi connectivity index (χ2v) is 4.41. The van der Waals surface area contributed by atoms with Crippen molar-refractivity contribution in [2.75, 3.05) is 12.4 Å². The summed E-state index contributed by atoms with van der Waals surface area (Å²) in [6, 6.07) is 9.42. The van der Waals surface area contributed by atoms with Crippen LogP contribution in [0.15, 0.2) is 36.4 Å². The van der Waals surface area contributed by atoms with Crippen LogP contribution >= 0.6 is 11.6 Å². The van der Waals surface area contributed by atoms with Crippen LogP contribution in [0.25, 0.3) is 0 Å². The second-order valence-electron chi connectivity index (χ2n) is 3.98. The van der Waals surface area contributed by atoms with E-state index >= 15 is 0 Å². The molecule has 2 rings (SSSR count). The monoisotopic (exact) mass is 281 g/mol. The van der Waals surface area contributed by atoms with Gasteiger partial charge in [-0.3, -0.25) is 0 Å². The minimum Gasteiger partial charge on any atom is -0.504 e. The van der Waals surface area contributed by atoms with Crippen molar-refractivity contribution < 1.29 is 14.2 Å². The van der Waals surface area contributed by atoms with E-state index in [9.17, 15) is 9.50 Å². The molecule has 0 spiro atoms. The average Bonchev–Trinajstić information content (AvgIpc) is 2.38. The van der Waals surface area contributed by atoms with Gasteiger partial charge >= 0.3 is 0 Å². The number of benzene rings is 2. The molecule has 2 N–H and O–H groups in total. The van der Waals surface area contributed by atoms with Crippen LogP contribution in [0.5, 0.6) is 11.5 Å². The van der Waals surface area contributed by atoms with Gasteiger partial charge in [-0.2, -0.15) is 0 Å². The van der Waals surface area contributed by atoms with E-state index in [-0.39, 0.29) is 11.6 Å². The Morgan fingerprint density at radius 2 is 2.05 bits per heavy atom. The first-order valence-corrected chi connectivity index (χ1v) is 6.03. The van der Waals surface area contributed by atoms with Crippen LogP contribution in [0, 0.1) is 5.82 Å². The average molecular weight is 282 g/mol. The van der Waals surface area contributed by atoms with Gasteiger partial charge in [0.05, 0.1) is 7.11 Å². The van der Waals surface area contributed by atoms with Gasteiger partial charge in [-0.1, -0.05) is 17.7 Å². The third kappa shape index (κ3) is 3.29. The standard InChI is InChI=1S/C14H13ClFNO2/c1-19-14-5-4-11(7-13(14)18)17-8-9-2-3-10(15)6-12(9)16/h2-7,17-18H,8H2,1H3. The number of ether oxygens (including phenoxy) is 1.